The molecule has 0 aliphatic carbocycles. The quantitative estimate of drug-likeness (QED) is 0.725. The predicted octanol–water partition coefficient (Wildman–Crippen LogP) is 3.01. The first-order valence-corrected chi connectivity index (χ1v) is 8.03. The molecule has 0 spiro atoms. The summed E-state index contributed by atoms with van der Waals surface area (Å²) in [6, 6.07) is 6.80. The third kappa shape index (κ3) is 6.17. The van der Waals surface area contributed by atoms with Gasteiger partial charge in [-0.2, -0.15) is 0 Å². The number of Topliss-reactive ketones (excluding diaryl/α,β-unsaturated/α-hetero) is 1. The second kappa shape index (κ2) is 6.90. The lowest BCUT2D eigenvalue weighted by Gasteiger charge is -2.04. The molecule has 5 heteroatoms. The topological polar surface area (TPSA) is 51.2 Å². The van der Waals surface area contributed by atoms with E-state index in [4.69, 9.17) is 11.6 Å². The number of rotatable bonds is 7. The highest BCUT2D eigenvalue weighted by molar-refractivity contribution is 7.90. The lowest BCUT2D eigenvalue weighted by Crippen LogP contribution is -2.09. The molecule has 0 aliphatic rings. The van der Waals surface area contributed by atoms with Crippen molar-refractivity contribution in [3.05, 3.63) is 34.9 Å². The summed E-state index contributed by atoms with van der Waals surface area (Å²) >= 11 is 5.73. The average molecular weight is 289 g/mol. The summed E-state index contributed by atoms with van der Waals surface area (Å²) < 4.78 is 23.6. The van der Waals surface area contributed by atoms with E-state index in [1.165, 1.54) is 6.92 Å². The second-order valence-electron chi connectivity index (χ2n) is 4.38. The number of hydrogen-bond acceptors (Lipinski definition) is 3. The van der Waals surface area contributed by atoms with Crippen molar-refractivity contribution in [3.8, 4) is 0 Å². The minimum absolute atomic E-state index is 0.0320. The van der Waals surface area contributed by atoms with E-state index in [0.717, 1.165) is 5.56 Å². The Balaban J connectivity index is 2.44. The molecule has 0 aromatic heterocycles. The molecule has 3 nitrogen and oxygen atoms in total. The highest BCUT2D eigenvalue weighted by Crippen LogP contribution is 2.13. The molecule has 0 radical (unpaired) electrons. The Morgan fingerprint density at radius 1 is 1.17 bits per heavy atom. The van der Waals surface area contributed by atoms with Gasteiger partial charge in [-0.15, -0.1) is 0 Å². The van der Waals surface area contributed by atoms with Gasteiger partial charge in [-0.25, -0.2) is 8.42 Å². The van der Waals surface area contributed by atoms with Gasteiger partial charge in [0, 0.05) is 11.4 Å². The monoisotopic (exact) mass is 288 g/mol. The van der Waals surface area contributed by atoms with E-state index < -0.39 is 9.84 Å². The zero-order valence-electron chi connectivity index (χ0n) is 10.4. The maximum Gasteiger partial charge on any atom is 0.154 e. The van der Waals surface area contributed by atoms with Gasteiger partial charge in [0.2, 0.25) is 0 Å². The molecule has 0 amide bonds. The average Bonchev–Trinajstić information content (AvgIpc) is 2.27. The van der Waals surface area contributed by atoms with E-state index >= 15 is 0 Å². The van der Waals surface area contributed by atoms with Crippen LogP contribution in [-0.2, 0) is 20.4 Å². The van der Waals surface area contributed by atoms with Gasteiger partial charge in [-0.3, -0.25) is 0 Å². The predicted molar refractivity (Wildman–Crippen MR) is 73.5 cm³/mol. The summed E-state index contributed by atoms with van der Waals surface area (Å²) in [7, 11) is -3.10. The molecule has 1 aromatic rings. The van der Waals surface area contributed by atoms with Crippen LogP contribution in [0.1, 0.15) is 31.7 Å². The van der Waals surface area contributed by atoms with Crippen LogP contribution in [0.25, 0.3) is 0 Å². The van der Waals surface area contributed by atoms with Crippen LogP contribution in [0.4, 0.5) is 0 Å². The molecule has 0 bridgehead atoms. The second-order valence-corrected chi connectivity index (χ2v) is 7.00. The van der Waals surface area contributed by atoms with Crippen molar-refractivity contribution in [1.82, 2.24) is 0 Å². The summed E-state index contributed by atoms with van der Waals surface area (Å²) in [5.41, 5.74) is 0.742. The van der Waals surface area contributed by atoms with Gasteiger partial charge in [0.25, 0.3) is 0 Å². The lowest BCUT2D eigenvalue weighted by atomic mass is 10.2. The number of halogens is 1. The van der Waals surface area contributed by atoms with E-state index in [0.29, 0.717) is 24.3 Å². The molecule has 18 heavy (non-hydrogen) atoms. The van der Waals surface area contributed by atoms with Crippen molar-refractivity contribution in [3.63, 3.8) is 0 Å². The number of benzene rings is 1. The molecular weight excluding hydrogens is 272 g/mol. The molecular formula is C13H17ClO3S. The third-order valence-electron chi connectivity index (χ3n) is 2.53. The number of carbonyl (C=O) groups is 1. The summed E-state index contributed by atoms with van der Waals surface area (Å²) in [6.45, 7) is 1.52. The molecule has 1 aromatic carbocycles. The molecule has 0 atom stereocenters. The minimum atomic E-state index is -3.10. The van der Waals surface area contributed by atoms with Crippen LogP contribution in [-0.4, -0.2) is 20.0 Å². The molecule has 0 aliphatic heterocycles. The minimum Gasteiger partial charge on any atom is -0.300 e. The highest BCUT2D eigenvalue weighted by atomic mass is 35.5. The molecule has 0 unspecified atom stereocenters. The van der Waals surface area contributed by atoms with Crippen LogP contribution >= 0.6 is 11.6 Å². The first-order valence-electron chi connectivity index (χ1n) is 5.83. The highest BCUT2D eigenvalue weighted by Gasteiger charge is 2.11. The zero-order chi connectivity index (χ0) is 13.6. The normalized spacial score (nSPS) is 11.4. The van der Waals surface area contributed by atoms with E-state index in [1.54, 1.807) is 24.3 Å². The fourth-order valence-electron chi connectivity index (χ4n) is 1.60. The number of hydrogen-bond donors (Lipinski definition) is 0. The van der Waals surface area contributed by atoms with Gasteiger partial charge >= 0.3 is 0 Å². The Kier molecular flexibility index (Phi) is 5.82. The number of carbonyl (C=O) groups excluding carboxylic acids is 1. The smallest absolute Gasteiger partial charge is 0.154 e. The molecule has 0 saturated carbocycles. The molecule has 0 heterocycles. The fourth-order valence-corrected chi connectivity index (χ4v) is 3.22. The van der Waals surface area contributed by atoms with Gasteiger partial charge in [-0.1, -0.05) is 23.7 Å². The van der Waals surface area contributed by atoms with Crippen molar-refractivity contribution in [2.75, 3.05) is 5.75 Å². The van der Waals surface area contributed by atoms with Crippen molar-refractivity contribution >= 4 is 27.2 Å². The Labute approximate surface area is 113 Å². The van der Waals surface area contributed by atoms with Crippen molar-refractivity contribution in [2.24, 2.45) is 0 Å². The first kappa shape index (κ1) is 15.2. The van der Waals surface area contributed by atoms with E-state index in [2.05, 4.69) is 0 Å². The summed E-state index contributed by atoms with van der Waals surface area (Å²) in [5, 5.41) is 0.595. The Morgan fingerprint density at radius 3 is 2.33 bits per heavy atom. The van der Waals surface area contributed by atoms with E-state index in [-0.39, 0.29) is 17.3 Å². The Hall–Kier alpha value is -0.870. The molecule has 0 fully saturated rings. The SMILES string of the molecule is CC(=O)CCCCS(=O)(=O)Cc1ccc(Cl)cc1. The van der Waals surface area contributed by atoms with E-state index in [1.807, 2.05) is 0 Å². The molecule has 0 saturated heterocycles. The zero-order valence-corrected chi connectivity index (χ0v) is 11.9. The standard InChI is InChI=1S/C13H17ClO3S/c1-11(15)4-2-3-9-18(16,17)10-12-5-7-13(14)8-6-12/h5-8H,2-4,9-10H2,1H3. The maximum atomic E-state index is 11.8. The first-order chi connectivity index (χ1) is 8.39. The van der Waals surface area contributed by atoms with Gasteiger partial charge in [0.1, 0.15) is 5.78 Å². The van der Waals surface area contributed by atoms with Gasteiger partial charge in [0.05, 0.1) is 11.5 Å². The number of unbranched alkanes of at least 4 members (excludes halogenated alkanes) is 1. The van der Waals surface area contributed by atoms with Crippen LogP contribution in [0.3, 0.4) is 0 Å². The largest absolute Gasteiger partial charge is 0.300 e. The fraction of sp³-hybridized carbons (Fsp3) is 0.462. The number of sulfone groups is 1. The summed E-state index contributed by atoms with van der Waals surface area (Å²) in [5.74, 6) is 0.262. The van der Waals surface area contributed by atoms with Gasteiger partial charge in [0.15, 0.2) is 9.84 Å². The van der Waals surface area contributed by atoms with Crippen LogP contribution in [0, 0.1) is 0 Å². The summed E-state index contributed by atoms with van der Waals surface area (Å²) in [6.07, 6.45) is 1.63. The number of ketones is 1. The van der Waals surface area contributed by atoms with Crippen LogP contribution in [0.15, 0.2) is 24.3 Å². The maximum absolute atomic E-state index is 11.8. The van der Waals surface area contributed by atoms with Crippen molar-refractivity contribution in [2.45, 2.75) is 31.9 Å². The molecule has 0 N–H and O–H groups in total. The van der Waals surface area contributed by atoms with E-state index in [9.17, 15) is 13.2 Å². The van der Waals surface area contributed by atoms with Crippen molar-refractivity contribution < 1.29 is 13.2 Å². The molecule has 100 valence electrons. The van der Waals surface area contributed by atoms with Gasteiger partial charge in [-0.05, 0) is 37.5 Å². The lowest BCUT2D eigenvalue weighted by molar-refractivity contribution is -0.117. The third-order valence-corrected chi connectivity index (χ3v) is 4.47. The van der Waals surface area contributed by atoms with Crippen molar-refractivity contribution in [1.29, 1.82) is 0 Å². The summed E-state index contributed by atoms with van der Waals surface area (Å²) in [4.78, 5) is 10.7. The Bertz CT molecular complexity index is 491. The van der Waals surface area contributed by atoms with Gasteiger partial charge < -0.3 is 4.79 Å². The van der Waals surface area contributed by atoms with Crippen LogP contribution in [0.5, 0.6) is 0 Å². The van der Waals surface area contributed by atoms with Crippen LogP contribution < -0.4 is 0 Å². The Morgan fingerprint density at radius 2 is 1.78 bits per heavy atom. The van der Waals surface area contributed by atoms with Crippen LogP contribution in [0.2, 0.25) is 5.02 Å². The molecule has 1 rings (SSSR count).